The number of hydrogen-bond acceptors (Lipinski definition) is 3. The van der Waals surface area contributed by atoms with Crippen molar-refractivity contribution in [1.29, 1.82) is 0 Å². The van der Waals surface area contributed by atoms with Crippen molar-refractivity contribution < 1.29 is 8.42 Å². The molecule has 0 radical (unpaired) electrons. The van der Waals surface area contributed by atoms with Crippen LogP contribution >= 0.6 is 31.9 Å². The Morgan fingerprint density at radius 3 is 2.47 bits per heavy atom. The number of rotatable bonds is 3. The average molecular weight is 358 g/mol. The van der Waals surface area contributed by atoms with Gasteiger partial charge in [0.15, 0.2) is 0 Å². The molecular formula is C8H10Br2N2O2S. The highest BCUT2D eigenvalue weighted by atomic mass is 79.9. The van der Waals surface area contributed by atoms with E-state index in [9.17, 15) is 8.42 Å². The molecule has 15 heavy (non-hydrogen) atoms. The SMILES string of the molecule is CCS(=O)(=O)Nc1c(N)cc(Br)cc1Br. The molecule has 0 saturated heterocycles. The first-order valence-electron chi connectivity index (χ1n) is 4.10. The molecule has 0 atom stereocenters. The summed E-state index contributed by atoms with van der Waals surface area (Å²) in [6.07, 6.45) is 0. The quantitative estimate of drug-likeness (QED) is 0.816. The van der Waals surface area contributed by atoms with Crippen LogP contribution in [0.3, 0.4) is 0 Å². The van der Waals surface area contributed by atoms with E-state index < -0.39 is 10.0 Å². The molecule has 0 aliphatic carbocycles. The Labute approximate surface area is 106 Å². The van der Waals surface area contributed by atoms with Crippen LogP contribution in [0.4, 0.5) is 11.4 Å². The fourth-order valence-electron chi connectivity index (χ4n) is 0.929. The standard InChI is InChI=1S/C8H10Br2N2O2S/c1-2-15(13,14)12-8-6(10)3-5(9)4-7(8)11/h3-4,12H,2,11H2,1H3. The van der Waals surface area contributed by atoms with Crippen LogP contribution in [0.15, 0.2) is 21.1 Å². The number of nitrogens with two attached hydrogens (primary N) is 1. The van der Waals surface area contributed by atoms with E-state index in [1.165, 1.54) is 0 Å². The van der Waals surface area contributed by atoms with Crippen LogP contribution in [0.1, 0.15) is 6.92 Å². The van der Waals surface area contributed by atoms with Gasteiger partial charge in [-0.2, -0.15) is 0 Å². The second kappa shape index (κ2) is 4.71. The number of nitrogens with one attached hydrogen (secondary N) is 1. The monoisotopic (exact) mass is 356 g/mol. The van der Waals surface area contributed by atoms with Crippen LogP contribution in [-0.4, -0.2) is 14.2 Å². The van der Waals surface area contributed by atoms with Crippen LogP contribution in [0.5, 0.6) is 0 Å². The number of nitrogen functional groups attached to an aromatic ring is 1. The number of sulfonamides is 1. The predicted octanol–water partition coefficient (Wildman–Crippen LogP) is 2.56. The van der Waals surface area contributed by atoms with Crippen LogP contribution < -0.4 is 10.5 Å². The molecule has 0 aliphatic rings. The Morgan fingerprint density at radius 2 is 2.00 bits per heavy atom. The highest BCUT2D eigenvalue weighted by Crippen LogP contribution is 2.33. The van der Waals surface area contributed by atoms with Crippen molar-refractivity contribution >= 4 is 53.3 Å². The van der Waals surface area contributed by atoms with Gasteiger partial charge in [-0.05, 0) is 35.0 Å². The first-order valence-corrected chi connectivity index (χ1v) is 7.34. The third kappa shape index (κ3) is 3.35. The fourth-order valence-corrected chi connectivity index (χ4v) is 3.10. The number of anilines is 2. The summed E-state index contributed by atoms with van der Waals surface area (Å²) < 4.78 is 26.5. The lowest BCUT2D eigenvalue weighted by molar-refractivity contribution is 0.602. The summed E-state index contributed by atoms with van der Waals surface area (Å²) in [5.74, 6) is 0.00887. The van der Waals surface area contributed by atoms with E-state index >= 15 is 0 Å². The van der Waals surface area contributed by atoms with Gasteiger partial charge >= 0.3 is 0 Å². The summed E-state index contributed by atoms with van der Waals surface area (Å²) in [6.45, 7) is 1.56. The van der Waals surface area contributed by atoms with E-state index in [0.29, 0.717) is 15.8 Å². The first-order chi connectivity index (χ1) is 6.85. The van der Waals surface area contributed by atoms with Gasteiger partial charge in [0.2, 0.25) is 10.0 Å². The van der Waals surface area contributed by atoms with Gasteiger partial charge < -0.3 is 5.73 Å². The van der Waals surface area contributed by atoms with Gasteiger partial charge in [-0.15, -0.1) is 0 Å². The van der Waals surface area contributed by atoms with Crippen molar-refractivity contribution in [2.45, 2.75) is 6.92 Å². The van der Waals surface area contributed by atoms with Gasteiger partial charge in [-0.3, -0.25) is 4.72 Å². The summed E-state index contributed by atoms with van der Waals surface area (Å²) in [5.41, 5.74) is 6.44. The zero-order valence-electron chi connectivity index (χ0n) is 7.92. The van der Waals surface area contributed by atoms with Gasteiger partial charge in [0.25, 0.3) is 0 Å². The minimum absolute atomic E-state index is 0.00887. The van der Waals surface area contributed by atoms with E-state index in [0.717, 1.165) is 4.47 Å². The summed E-state index contributed by atoms with van der Waals surface area (Å²) >= 11 is 6.50. The van der Waals surface area contributed by atoms with Crippen LogP contribution in [0.2, 0.25) is 0 Å². The van der Waals surface area contributed by atoms with Crippen molar-refractivity contribution in [3.05, 3.63) is 21.1 Å². The van der Waals surface area contributed by atoms with Gasteiger partial charge in [-0.1, -0.05) is 15.9 Å². The van der Waals surface area contributed by atoms with E-state index in [4.69, 9.17) is 5.73 Å². The molecule has 0 aliphatic heterocycles. The van der Waals surface area contributed by atoms with Crippen molar-refractivity contribution in [1.82, 2.24) is 0 Å². The molecule has 7 heteroatoms. The zero-order chi connectivity index (χ0) is 11.6. The molecule has 1 aromatic carbocycles. The highest BCUT2D eigenvalue weighted by Gasteiger charge is 2.12. The lowest BCUT2D eigenvalue weighted by Gasteiger charge is -2.11. The molecular weight excluding hydrogens is 348 g/mol. The second-order valence-electron chi connectivity index (χ2n) is 2.86. The summed E-state index contributed by atoms with van der Waals surface area (Å²) in [6, 6.07) is 3.36. The van der Waals surface area contributed by atoms with Gasteiger partial charge in [0.05, 0.1) is 17.1 Å². The smallest absolute Gasteiger partial charge is 0.232 e. The van der Waals surface area contributed by atoms with E-state index in [1.807, 2.05) is 0 Å². The van der Waals surface area contributed by atoms with Crippen LogP contribution in [0.25, 0.3) is 0 Å². The molecule has 0 aromatic heterocycles. The topological polar surface area (TPSA) is 72.2 Å². The van der Waals surface area contributed by atoms with E-state index in [-0.39, 0.29) is 5.75 Å². The predicted molar refractivity (Wildman–Crippen MR) is 69.3 cm³/mol. The third-order valence-corrected chi connectivity index (χ3v) is 4.08. The molecule has 4 nitrogen and oxygen atoms in total. The maximum absolute atomic E-state index is 11.4. The first kappa shape index (κ1) is 12.8. The van der Waals surface area contributed by atoms with Crippen molar-refractivity contribution in [3.63, 3.8) is 0 Å². The van der Waals surface area contributed by atoms with Crippen LogP contribution in [-0.2, 0) is 10.0 Å². The molecule has 0 amide bonds. The van der Waals surface area contributed by atoms with E-state index in [1.54, 1.807) is 19.1 Å². The summed E-state index contributed by atoms with van der Waals surface area (Å²) in [7, 11) is -3.31. The van der Waals surface area contributed by atoms with Crippen molar-refractivity contribution in [3.8, 4) is 0 Å². The van der Waals surface area contributed by atoms with Gasteiger partial charge in [-0.25, -0.2) is 8.42 Å². The molecule has 3 N–H and O–H groups in total. The summed E-state index contributed by atoms with van der Waals surface area (Å²) in [4.78, 5) is 0. The Bertz CT molecular complexity index is 451. The molecule has 84 valence electrons. The molecule has 1 rings (SSSR count). The zero-order valence-corrected chi connectivity index (χ0v) is 11.9. The minimum atomic E-state index is -3.31. The number of hydrogen-bond donors (Lipinski definition) is 2. The van der Waals surface area contributed by atoms with Gasteiger partial charge in [0, 0.05) is 8.95 Å². The van der Waals surface area contributed by atoms with Gasteiger partial charge in [0.1, 0.15) is 0 Å². The Morgan fingerprint density at radius 1 is 1.40 bits per heavy atom. The van der Waals surface area contributed by atoms with E-state index in [2.05, 4.69) is 36.6 Å². The van der Waals surface area contributed by atoms with Crippen molar-refractivity contribution in [2.24, 2.45) is 0 Å². The highest BCUT2D eigenvalue weighted by molar-refractivity contribution is 9.11. The maximum Gasteiger partial charge on any atom is 0.232 e. The Kier molecular flexibility index (Phi) is 4.02. The number of benzene rings is 1. The molecule has 0 unspecified atom stereocenters. The largest absolute Gasteiger partial charge is 0.397 e. The summed E-state index contributed by atoms with van der Waals surface area (Å²) in [5, 5.41) is 0. The molecule has 0 saturated carbocycles. The average Bonchev–Trinajstić information content (AvgIpc) is 2.11. The number of halogens is 2. The maximum atomic E-state index is 11.4. The van der Waals surface area contributed by atoms with Crippen LogP contribution in [0, 0.1) is 0 Å². The molecule has 0 spiro atoms. The molecule has 0 fully saturated rings. The second-order valence-corrected chi connectivity index (χ2v) is 6.64. The molecule has 0 heterocycles. The fraction of sp³-hybridized carbons (Fsp3) is 0.250. The third-order valence-electron chi connectivity index (χ3n) is 1.72. The molecule has 1 aromatic rings. The van der Waals surface area contributed by atoms with Crippen molar-refractivity contribution in [2.75, 3.05) is 16.2 Å². The molecule has 0 bridgehead atoms. The minimum Gasteiger partial charge on any atom is -0.397 e. The Hall–Kier alpha value is -0.270. The lowest BCUT2D eigenvalue weighted by Crippen LogP contribution is -2.16. The Balaban J connectivity index is 3.17. The lowest BCUT2D eigenvalue weighted by atomic mass is 10.3. The normalized spacial score (nSPS) is 11.4.